The van der Waals surface area contributed by atoms with Gasteiger partial charge in [-0.1, -0.05) is 6.07 Å². The van der Waals surface area contributed by atoms with Crippen LogP contribution < -0.4 is 5.32 Å². The molecule has 0 bridgehead atoms. The van der Waals surface area contributed by atoms with E-state index in [1.807, 2.05) is 12.3 Å². The van der Waals surface area contributed by atoms with Crippen molar-refractivity contribution in [2.75, 3.05) is 26.8 Å². The minimum Gasteiger partial charge on any atom is -0.383 e. The first kappa shape index (κ1) is 11.1. The van der Waals surface area contributed by atoms with Gasteiger partial charge < -0.3 is 10.1 Å². The van der Waals surface area contributed by atoms with Crippen LogP contribution in [0.2, 0.25) is 0 Å². The summed E-state index contributed by atoms with van der Waals surface area (Å²) < 4.78 is 4.93. The predicted molar refractivity (Wildman–Crippen MR) is 57.3 cm³/mol. The van der Waals surface area contributed by atoms with Gasteiger partial charge in [0.1, 0.15) is 0 Å². The van der Waals surface area contributed by atoms with Gasteiger partial charge in [0.2, 0.25) is 0 Å². The maximum absolute atomic E-state index is 4.93. The zero-order valence-corrected chi connectivity index (χ0v) is 8.70. The molecule has 14 heavy (non-hydrogen) atoms. The van der Waals surface area contributed by atoms with E-state index in [0.29, 0.717) is 0 Å². The van der Waals surface area contributed by atoms with E-state index in [1.165, 1.54) is 5.56 Å². The topological polar surface area (TPSA) is 34.1 Å². The molecule has 1 N–H and O–H groups in total. The molecule has 0 aliphatic rings. The van der Waals surface area contributed by atoms with E-state index in [-0.39, 0.29) is 0 Å². The predicted octanol–water partition coefficient (Wildman–Crippen LogP) is 1.25. The van der Waals surface area contributed by atoms with Crippen LogP contribution in [0.25, 0.3) is 0 Å². The zero-order chi connectivity index (χ0) is 10.1. The van der Waals surface area contributed by atoms with E-state index in [0.717, 1.165) is 32.5 Å². The Labute approximate surface area is 85.5 Å². The van der Waals surface area contributed by atoms with Crippen molar-refractivity contribution in [2.24, 2.45) is 0 Å². The molecular formula is C11H18N2O. The number of methoxy groups -OCH3 is 1. The van der Waals surface area contributed by atoms with Crippen molar-refractivity contribution < 1.29 is 4.74 Å². The molecule has 3 heteroatoms. The summed E-state index contributed by atoms with van der Waals surface area (Å²) in [6.45, 7) is 2.76. The molecular weight excluding hydrogens is 176 g/mol. The molecule has 0 spiro atoms. The van der Waals surface area contributed by atoms with E-state index in [1.54, 1.807) is 13.3 Å². The van der Waals surface area contributed by atoms with Gasteiger partial charge in [0, 0.05) is 26.0 Å². The number of nitrogens with zero attached hydrogens (tertiary/aromatic N) is 1. The lowest BCUT2D eigenvalue weighted by molar-refractivity contribution is 0.199. The van der Waals surface area contributed by atoms with Crippen molar-refractivity contribution in [1.82, 2.24) is 10.3 Å². The van der Waals surface area contributed by atoms with Gasteiger partial charge in [0.15, 0.2) is 0 Å². The molecule has 1 aromatic rings. The van der Waals surface area contributed by atoms with Gasteiger partial charge in [-0.05, 0) is 31.0 Å². The molecule has 0 saturated heterocycles. The Morgan fingerprint density at radius 1 is 1.43 bits per heavy atom. The highest BCUT2D eigenvalue weighted by molar-refractivity contribution is 5.08. The largest absolute Gasteiger partial charge is 0.383 e. The lowest BCUT2D eigenvalue weighted by atomic mass is 10.1. The summed E-state index contributed by atoms with van der Waals surface area (Å²) in [5.41, 5.74) is 1.31. The smallest absolute Gasteiger partial charge is 0.0587 e. The number of pyridine rings is 1. The van der Waals surface area contributed by atoms with Crippen LogP contribution in [0.5, 0.6) is 0 Å². The Hall–Kier alpha value is -0.930. The van der Waals surface area contributed by atoms with Crippen LogP contribution in [-0.2, 0) is 11.2 Å². The summed E-state index contributed by atoms with van der Waals surface area (Å²) in [5.74, 6) is 0. The van der Waals surface area contributed by atoms with E-state index in [9.17, 15) is 0 Å². The van der Waals surface area contributed by atoms with Crippen molar-refractivity contribution in [3.05, 3.63) is 30.1 Å². The number of aryl methyl sites for hydroxylation is 1. The number of hydrogen-bond donors (Lipinski definition) is 1. The second kappa shape index (κ2) is 7.47. The molecule has 0 aromatic carbocycles. The highest BCUT2D eigenvalue weighted by Crippen LogP contribution is 1.98. The van der Waals surface area contributed by atoms with E-state index in [2.05, 4.69) is 16.4 Å². The van der Waals surface area contributed by atoms with Gasteiger partial charge in [-0.15, -0.1) is 0 Å². The summed E-state index contributed by atoms with van der Waals surface area (Å²) in [6.07, 6.45) is 5.97. The molecule has 1 heterocycles. The Kier molecular flexibility index (Phi) is 5.95. The summed E-state index contributed by atoms with van der Waals surface area (Å²) >= 11 is 0. The molecule has 0 fully saturated rings. The number of aromatic nitrogens is 1. The summed E-state index contributed by atoms with van der Waals surface area (Å²) in [6, 6.07) is 4.09. The van der Waals surface area contributed by atoms with Crippen LogP contribution >= 0.6 is 0 Å². The molecule has 78 valence electrons. The van der Waals surface area contributed by atoms with Gasteiger partial charge >= 0.3 is 0 Å². The van der Waals surface area contributed by atoms with E-state index >= 15 is 0 Å². The number of ether oxygens (including phenoxy) is 1. The van der Waals surface area contributed by atoms with Crippen molar-refractivity contribution in [3.8, 4) is 0 Å². The van der Waals surface area contributed by atoms with Gasteiger partial charge in [-0.2, -0.15) is 0 Å². The quantitative estimate of drug-likeness (QED) is 0.663. The molecule has 3 nitrogen and oxygen atoms in total. The van der Waals surface area contributed by atoms with Crippen LogP contribution in [0.3, 0.4) is 0 Å². The molecule has 0 aliphatic carbocycles. The Bertz CT molecular complexity index is 226. The van der Waals surface area contributed by atoms with E-state index in [4.69, 9.17) is 4.74 Å². The number of hydrogen-bond acceptors (Lipinski definition) is 3. The second-order valence-electron chi connectivity index (χ2n) is 3.21. The third-order valence-electron chi connectivity index (χ3n) is 2.02. The first-order valence-corrected chi connectivity index (χ1v) is 5.02. The van der Waals surface area contributed by atoms with E-state index < -0.39 is 0 Å². The summed E-state index contributed by atoms with van der Waals surface area (Å²) in [7, 11) is 1.72. The summed E-state index contributed by atoms with van der Waals surface area (Å²) in [5, 5.41) is 3.31. The Balaban J connectivity index is 1.99. The molecule has 0 atom stereocenters. The third kappa shape index (κ3) is 4.94. The van der Waals surface area contributed by atoms with Gasteiger partial charge in [-0.3, -0.25) is 4.98 Å². The lowest BCUT2D eigenvalue weighted by Gasteiger charge is -2.03. The maximum Gasteiger partial charge on any atom is 0.0587 e. The van der Waals surface area contributed by atoms with Gasteiger partial charge in [0.25, 0.3) is 0 Å². The van der Waals surface area contributed by atoms with Crippen molar-refractivity contribution >= 4 is 0 Å². The molecule has 0 unspecified atom stereocenters. The van der Waals surface area contributed by atoms with Crippen molar-refractivity contribution in [1.29, 1.82) is 0 Å². The van der Waals surface area contributed by atoms with Crippen LogP contribution in [0.15, 0.2) is 24.5 Å². The molecule has 0 amide bonds. The Morgan fingerprint density at radius 3 is 3.07 bits per heavy atom. The van der Waals surface area contributed by atoms with Gasteiger partial charge in [-0.25, -0.2) is 0 Å². The second-order valence-corrected chi connectivity index (χ2v) is 3.21. The van der Waals surface area contributed by atoms with Gasteiger partial charge in [0.05, 0.1) is 6.61 Å². The van der Waals surface area contributed by atoms with Crippen LogP contribution in [0, 0.1) is 0 Å². The third-order valence-corrected chi connectivity index (χ3v) is 2.02. The normalized spacial score (nSPS) is 10.4. The van der Waals surface area contributed by atoms with Crippen LogP contribution in [0.1, 0.15) is 12.0 Å². The molecule has 1 rings (SSSR count). The fraction of sp³-hybridized carbons (Fsp3) is 0.545. The van der Waals surface area contributed by atoms with Crippen LogP contribution in [-0.4, -0.2) is 31.8 Å². The summed E-state index contributed by atoms with van der Waals surface area (Å²) in [4.78, 5) is 4.07. The van der Waals surface area contributed by atoms with Crippen molar-refractivity contribution in [2.45, 2.75) is 12.8 Å². The SMILES string of the molecule is COCCNCCCc1cccnc1. The monoisotopic (exact) mass is 194 g/mol. The molecule has 0 radical (unpaired) electrons. The minimum absolute atomic E-state index is 0.785. The lowest BCUT2D eigenvalue weighted by Crippen LogP contribution is -2.20. The Morgan fingerprint density at radius 2 is 2.36 bits per heavy atom. The number of nitrogens with one attached hydrogen (secondary N) is 1. The highest BCUT2D eigenvalue weighted by atomic mass is 16.5. The minimum atomic E-state index is 0.785. The zero-order valence-electron chi connectivity index (χ0n) is 8.70. The fourth-order valence-corrected chi connectivity index (χ4v) is 1.26. The standard InChI is InChI=1S/C11H18N2O/c1-14-9-8-12-6-2-4-11-5-3-7-13-10-11/h3,5,7,10,12H,2,4,6,8-9H2,1H3. The first-order valence-electron chi connectivity index (χ1n) is 5.02. The fourth-order valence-electron chi connectivity index (χ4n) is 1.26. The molecule has 1 aromatic heterocycles. The molecule has 0 saturated carbocycles. The van der Waals surface area contributed by atoms with Crippen molar-refractivity contribution in [3.63, 3.8) is 0 Å². The average Bonchev–Trinajstić information content (AvgIpc) is 2.25. The highest BCUT2D eigenvalue weighted by Gasteiger charge is 1.91. The average molecular weight is 194 g/mol. The first-order chi connectivity index (χ1) is 6.93. The maximum atomic E-state index is 4.93. The molecule has 0 aliphatic heterocycles. The number of rotatable bonds is 7. The van der Waals surface area contributed by atoms with Crippen LogP contribution in [0.4, 0.5) is 0 Å².